The SMILES string of the molecule is CC.CC.O=C(Nc1cn(C2CCCCC2)nc1C(F)F)c1cnn2ccc(N3CC4C[C@@H]3CO4)nc12. The number of nitrogens with zero attached hydrogens (tertiary/aromatic N) is 6. The Morgan fingerprint density at radius 1 is 1.14 bits per heavy atom. The van der Waals surface area contributed by atoms with Gasteiger partial charge >= 0.3 is 0 Å². The summed E-state index contributed by atoms with van der Waals surface area (Å²) in [6.07, 6.45) is 8.17. The van der Waals surface area contributed by atoms with Crippen molar-refractivity contribution in [2.75, 3.05) is 23.4 Å². The fourth-order valence-electron chi connectivity index (χ4n) is 5.25. The Kier molecular flexibility index (Phi) is 8.73. The number of halogens is 2. The first-order valence-corrected chi connectivity index (χ1v) is 13.5. The van der Waals surface area contributed by atoms with Crippen LogP contribution in [0.25, 0.3) is 5.65 Å². The molecule has 2 bridgehead atoms. The molecule has 1 saturated carbocycles. The topological polar surface area (TPSA) is 89.6 Å². The van der Waals surface area contributed by atoms with E-state index in [1.54, 1.807) is 10.9 Å². The van der Waals surface area contributed by atoms with E-state index in [-0.39, 0.29) is 29.4 Å². The number of alkyl halides is 2. The highest BCUT2D eigenvalue weighted by molar-refractivity contribution is 6.08. The number of anilines is 2. The van der Waals surface area contributed by atoms with E-state index < -0.39 is 18.0 Å². The van der Waals surface area contributed by atoms with Gasteiger partial charge in [-0.2, -0.15) is 10.2 Å². The summed E-state index contributed by atoms with van der Waals surface area (Å²) in [5.74, 6) is 0.220. The van der Waals surface area contributed by atoms with Gasteiger partial charge in [0.1, 0.15) is 11.4 Å². The van der Waals surface area contributed by atoms with E-state index in [1.807, 2.05) is 33.8 Å². The van der Waals surface area contributed by atoms with Crippen molar-refractivity contribution in [1.82, 2.24) is 24.4 Å². The third kappa shape index (κ3) is 5.46. The van der Waals surface area contributed by atoms with E-state index >= 15 is 0 Å². The van der Waals surface area contributed by atoms with Gasteiger partial charge in [-0.05, 0) is 25.3 Å². The average Bonchev–Trinajstić information content (AvgIpc) is 3.74. The molecule has 3 aliphatic rings. The Labute approximate surface area is 216 Å². The first-order valence-electron chi connectivity index (χ1n) is 13.5. The third-order valence-electron chi connectivity index (χ3n) is 6.96. The average molecular weight is 518 g/mol. The van der Waals surface area contributed by atoms with E-state index in [4.69, 9.17) is 4.74 Å². The van der Waals surface area contributed by atoms with Crippen LogP contribution in [0.4, 0.5) is 20.3 Å². The highest BCUT2D eigenvalue weighted by Gasteiger charge is 2.39. The predicted octanol–water partition coefficient (Wildman–Crippen LogP) is 5.65. The second kappa shape index (κ2) is 12.0. The molecule has 0 radical (unpaired) electrons. The maximum absolute atomic E-state index is 13.7. The quantitative estimate of drug-likeness (QED) is 0.470. The second-order valence-electron chi connectivity index (χ2n) is 9.06. The zero-order valence-corrected chi connectivity index (χ0v) is 22.0. The van der Waals surface area contributed by atoms with Crippen molar-refractivity contribution in [2.24, 2.45) is 0 Å². The highest BCUT2D eigenvalue weighted by atomic mass is 19.3. The van der Waals surface area contributed by atoms with Crippen LogP contribution in [-0.2, 0) is 4.74 Å². The smallest absolute Gasteiger partial charge is 0.284 e. The maximum atomic E-state index is 13.7. The van der Waals surface area contributed by atoms with Gasteiger partial charge in [-0.1, -0.05) is 47.0 Å². The Morgan fingerprint density at radius 3 is 2.54 bits per heavy atom. The predicted molar refractivity (Wildman–Crippen MR) is 138 cm³/mol. The minimum Gasteiger partial charge on any atom is -0.374 e. The van der Waals surface area contributed by atoms with Gasteiger partial charge < -0.3 is 15.0 Å². The molecule has 2 saturated heterocycles. The molecule has 37 heavy (non-hydrogen) atoms. The van der Waals surface area contributed by atoms with Gasteiger partial charge in [-0.3, -0.25) is 9.48 Å². The molecule has 3 aromatic rings. The van der Waals surface area contributed by atoms with Gasteiger partial charge in [-0.15, -0.1) is 0 Å². The van der Waals surface area contributed by atoms with Crippen LogP contribution in [0, 0.1) is 0 Å². The van der Waals surface area contributed by atoms with Gasteiger partial charge in [0.15, 0.2) is 11.3 Å². The Balaban J connectivity index is 0.000000765. The van der Waals surface area contributed by atoms with E-state index in [0.717, 1.165) is 50.9 Å². The summed E-state index contributed by atoms with van der Waals surface area (Å²) >= 11 is 0. The van der Waals surface area contributed by atoms with Gasteiger partial charge in [0.25, 0.3) is 12.3 Å². The molecule has 1 N–H and O–H groups in total. The second-order valence-corrected chi connectivity index (χ2v) is 9.06. The van der Waals surface area contributed by atoms with Crippen LogP contribution >= 0.6 is 0 Å². The standard InChI is InChI=1S/C22H25F2N7O2.2C2H6/c23-20(24)19-17(11-31(28-19)13-4-2-1-3-5-13)26-22(32)16-9-25-30-7-6-18(27-21(16)30)29-10-15-8-14(29)12-33-15;2*1-2/h6-7,9,11,13-15,20H,1-5,8,10,12H2,(H,26,32);2*1-2H3/t14-,15?;;/m1../s1. The van der Waals surface area contributed by atoms with Crippen LogP contribution in [0.15, 0.2) is 24.7 Å². The molecule has 0 spiro atoms. The van der Waals surface area contributed by atoms with Crippen LogP contribution in [0.3, 0.4) is 0 Å². The molecule has 2 aliphatic heterocycles. The Bertz CT molecular complexity index is 1190. The van der Waals surface area contributed by atoms with Gasteiger partial charge in [-0.25, -0.2) is 18.3 Å². The van der Waals surface area contributed by atoms with Crippen molar-refractivity contribution in [3.8, 4) is 0 Å². The van der Waals surface area contributed by atoms with Crippen molar-refractivity contribution < 1.29 is 18.3 Å². The molecule has 0 aromatic carbocycles. The van der Waals surface area contributed by atoms with E-state index in [1.165, 1.54) is 16.9 Å². The van der Waals surface area contributed by atoms with Gasteiger partial charge in [0, 0.05) is 18.9 Å². The number of amides is 1. The lowest BCUT2D eigenvalue weighted by atomic mass is 9.96. The molecule has 6 rings (SSSR count). The van der Waals surface area contributed by atoms with Crippen molar-refractivity contribution in [3.63, 3.8) is 0 Å². The number of ether oxygens (including phenoxy) is 1. The van der Waals surface area contributed by atoms with Crippen LogP contribution in [-0.4, -0.2) is 55.6 Å². The minimum atomic E-state index is -2.79. The number of carbonyl (C=O) groups excluding carboxylic acids is 1. The van der Waals surface area contributed by atoms with Crippen LogP contribution in [0.2, 0.25) is 0 Å². The molecule has 9 nitrogen and oxygen atoms in total. The molecule has 3 fully saturated rings. The fourth-order valence-corrected chi connectivity index (χ4v) is 5.25. The number of carbonyl (C=O) groups is 1. The molecule has 1 amide bonds. The Hall–Kier alpha value is -3.08. The molecule has 1 aliphatic carbocycles. The highest BCUT2D eigenvalue weighted by Crippen LogP contribution is 2.34. The van der Waals surface area contributed by atoms with Gasteiger partial charge in [0.05, 0.1) is 36.7 Å². The third-order valence-corrected chi connectivity index (χ3v) is 6.96. The summed E-state index contributed by atoms with van der Waals surface area (Å²) in [6, 6.07) is 2.23. The van der Waals surface area contributed by atoms with E-state index in [9.17, 15) is 13.6 Å². The lowest BCUT2D eigenvalue weighted by Gasteiger charge is -2.27. The van der Waals surface area contributed by atoms with Crippen LogP contribution in [0.5, 0.6) is 0 Å². The molecular weight excluding hydrogens is 480 g/mol. The summed E-state index contributed by atoms with van der Waals surface area (Å²) in [5, 5.41) is 11.0. The number of hydrogen-bond donors (Lipinski definition) is 1. The molecule has 2 atom stereocenters. The van der Waals surface area contributed by atoms with Crippen LogP contribution < -0.4 is 10.2 Å². The van der Waals surface area contributed by atoms with Crippen LogP contribution in [0.1, 0.15) is 94.7 Å². The summed E-state index contributed by atoms with van der Waals surface area (Å²) in [4.78, 5) is 20.0. The monoisotopic (exact) mass is 517 g/mol. The molecular formula is C26H37F2N7O2. The summed E-state index contributed by atoms with van der Waals surface area (Å²) in [5.41, 5.74) is 0.229. The normalized spacial score (nSPS) is 21.0. The summed E-state index contributed by atoms with van der Waals surface area (Å²) in [6.45, 7) is 9.44. The van der Waals surface area contributed by atoms with Crippen molar-refractivity contribution >= 4 is 23.1 Å². The zero-order valence-electron chi connectivity index (χ0n) is 22.0. The lowest BCUT2D eigenvalue weighted by Crippen LogP contribution is -2.37. The minimum absolute atomic E-state index is 0.0325. The van der Waals surface area contributed by atoms with Gasteiger partial charge in [0.2, 0.25) is 0 Å². The largest absolute Gasteiger partial charge is 0.374 e. The number of fused-ring (bicyclic) bond motifs is 3. The summed E-state index contributed by atoms with van der Waals surface area (Å²) < 4.78 is 36.1. The van der Waals surface area contributed by atoms with Crippen molar-refractivity contribution in [3.05, 3.63) is 35.9 Å². The number of aromatic nitrogens is 5. The molecule has 202 valence electrons. The lowest BCUT2D eigenvalue weighted by molar-refractivity contribution is 0.0988. The fraction of sp³-hybridized carbons (Fsp3) is 0.615. The molecule has 3 aromatic heterocycles. The number of morpholine rings is 1. The first kappa shape index (κ1) is 27.0. The number of nitrogens with one attached hydrogen (secondary N) is 1. The summed E-state index contributed by atoms with van der Waals surface area (Å²) in [7, 11) is 0. The van der Waals surface area contributed by atoms with E-state index in [0.29, 0.717) is 12.3 Å². The van der Waals surface area contributed by atoms with Crippen molar-refractivity contribution in [2.45, 2.75) is 90.8 Å². The number of hydrogen-bond acceptors (Lipinski definition) is 6. The molecule has 11 heteroatoms. The maximum Gasteiger partial charge on any atom is 0.284 e. The zero-order chi connectivity index (χ0) is 26.5. The van der Waals surface area contributed by atoms with Crippen molar-refractivity contribution in [1.29, 1.82) is 0 Å². The molecule has 1 unspecified atom stereocenters. The first-order chi connectivity index (χ1) is 18.1. The van der Waals surface area contributed by atoms with E-state index in [2.05, 4.69) is 25.4 Å². The molecule has 5 heterocycles. The number of rotatable bonds is 5. The Morgan fingerprint density at radius 2 is 1.89 bits per heavy atom.